The van der Waals surface area contributed by atoms with Crippen molar-refractivity contribution in [2.24, 2.45) is 0 Å². The van der Waals surface area contributed by atoms with Crippen LogP contribution in [0.4, 0.5) is 9.59 Å². The molecule has 0 aliphatic carbocycles. The zero-order valence-electron chi connectivity index (χ0n) is 15.3. The molecule has 0 fully saturated rings. The Morgan fingerprint density at radius 1 is 1.12 bits per heavy atom. The Hall–Kier alpha value is -3.02. The van der Waals surface area contributed by atoms with E-state index in [4.69, 9.17) is 9.47 Å². The molecule has 0 aliphatic rings. The van der Waals surface area contributed by atoms with Crippen molar-refractivity contribution in [2.45, 2.75) is 33.0 Å². The maximum atomic E-state index is 12.1. The van der Waals surface area contributed by atoms with Crippen molar-refractivity contribution in [1.29, 1.82) is 0 Å². The van der Waals surface area contributed by atoms with Gasteiger partial charge in [-0.2, -0.15) is 0 Å². The van der Waals surface area contributed by atoms with Crippen LogP contribution in [-0.4, -0.2) is 28.9 Å². The second kappa shape index (κ2) is 8.89. The number of rotatable bonds is 5. The molecule has 0 bridgehead atoms. The predicted octanol–water partition coefficient (Wildman–Crippen LogP) is 4.21. The fourth-order valence-corrected chi connectivity index (χ4v) is 2.10. The molecule has 0 atom stereocenters. The van der Waals surface area contributed by atoms with Crippen LogP contribution in [0.1, 0.15) is 32.0 Å². The first-order valence-electron chi connectivity index (χ1n) is 8.37. The molecular weight excluding hydrogens is 332 g/mol. The number of carbonyl (C=O) groups is 2. The standard InChI is InChI=1S/C20H24N2O4/c1-20(2,3)26-19(24)22-14-8-12-17(22)11-7-13-21-18(23)25-15-16-9-5-4-6-10-16/h4-12,14H,13,15H2,1-3H3,(H,21,23). The van der Waals surface area contributed by atoms with Crippen LogP contribution in [0.5, 0.6) is 0 Å². The molecule has 1 amide bonds. The Morgan fingerprint density at radius 3 is 2.54 bits per heavy atom. The van der Waals surface area contributed by atoms with Gasteiger partial charge in [0.2, 0.25) is 0 Å². The minimum Gasteiger partial charge on any atom is -0.445 e. The molecule has 1 aromatic heterocycles. The summed E-state index contributed by atoms with van der Waals surface area (Å²) in [6.45, 7) is 5.95. The van der Waals surface area contributed by atoms with E-state index >= 15 is 0 Å². The highest BCUT2D eigenvalue weighted by molar-refractivity contribution is 5.74. The average molecular weight is 356 g/mol. The van der Waals surface area contributed by atoms with E-state index in [1.165, 1.54) is 4.57 Å². The van der Waals surface area contributed by atoms with Crippen LogP contribution in [-0.2, 0) is 16.1 Å². The number of nitrogens with one attached hydrogen (secondary N) is 1. The molecule has 2 aromatic rings. The van der Waals surface area contributed by atoms with Gasteiger partial charge < -0.3 is 14.8 Å². The normalized spacial score (nSPS) is 11.3. The van der Waals surface area contributed by atoms with Gasteiger partial charge in [0.15, 0.2) is 0 Å². The maximum absolute atomic E-state index is 12.1. The molecule has 0 unspecified atom stereocenters. The molecule has 0 spiro atoms. The first-order chi connectivity index (χ1) is 12.3. The lowest BCUT2D eigenvalue weighted by Gasteiger charge is -2.20. The van der Waals surface area contributed by atoms with Crippen LogP contribution < -0.4 is 5.32 Å². The predicted molar refractivity (Wildman–Crippen MR) is 99.7 cm³/mol. The quantitative estimate of drug-likeness (QED) is 0.871. The highest BCUT2D eigenvalue weighted by Gasteiger charge is 2.18. The third-order valence-electron chi connectivity index (χ3n) is 3.24. The number of ether oxygens (including phenoxy) is 2. The fraction of sp³-hybridized carbons (Fsp3) is 0.300. The van der Waals surface area contributed by atoms with Crippen LogP contribution in [0.2, 0.25) is 0 Å². The van der Waals surface area contributed by atoms with E-state index < -0.39 is 17.8 Å². The molecule has 0 radical (unpaired) electrons. The minimum atomic E-state index is -0.563. The highest BCUT2D eigenvalue weighted by Crippen LogP contribution is 2.12. The van der Waals surface area contributed by atoms with Crippen LogP contribution in [0.3, 0.4) is 0 Å². The Kier molecular flexibility index (Phi) is 6.60. The Balaban J connectivity index is 1.79. The number of carbonyl (C=O) groups excluding carboxylic acids is 2. The monoisotopic (exact) mass is 356 g/mol. The van der Waals surface area contributed by atoms with E-state index in [-0.39, 0.29) is 13.2 Å². The summed E-state index contributed by atoms with van der Waals surface area (Å²) in [4.78, 5) is 23.8. The van der Waals surface area contributed by atoms with Gasteiger partial charge in [-0.15, -0.1) is 0 Å². The van der Waals surface area contributed by atoms with Gasteiger partial charge in [-0.3, -0.25) is 4.57 Å². The second-order valence-electron chi connectivity index (χ2n) is 6.63. The lowest BCUT2D eigenvalue weighted by Crippen LogP contribution is -2.27. The molecule has 6 nitrogen and oxygen atoms in total. The zero-order chi connectivity index (χ0) is 19.0. The van der Waals surface area contributed by atoms with Crippen LogP contribution in [0.15, 0.2) is 54.7 Å². The van der Waals surface area contributed by atoms with Crippen molar-refractivity contribution in [3.8, 4) is 0 Å². The molecule has 6 heteroatoms. The van der Waals surface area contributed by atoms with Gasteiger partial charge in [-0.25, -0.2) is 9.59 Å². The zero-order valence-corrected chi connectivity index (χ0v) is 15.3. The lowest BCUT2D eigenvalue weighted by atomic mass is 10.2. The van der Waals surface area contributed by atoms with Crippen molar-refractivity contribution < 1.29 is 19.1 Å². The van der Waals surface area contributed by atoms with Crippen molar-refractivity contribution in [2.75, 3.05) is 6.54 Å². The van der Waals surface area contributed by atoms with E-state index in [9.17, 15) is 9.59 Å². The first-order valence-corrected chi connectivity index (χ1v) is 8.37. The minimum absolute atomic E-state index is 0.220. The van der Waals surface area contributed by atoms with Crippen LogP contribution in [0, 0.1) is 0 Å². The summed E-state index contributed by atoms with van der Waals surface area (Å²) in [5, 5.41) is 2.63. The largest absolute Gasteiger partial charge is 0.445 e. The maximum Gasteiger partial charge on any atom is 0.418 e. The highest BCUT2D eigenvalue weighted by atomic mass is 16.6. The summed E-state index contributed by atoms with van der Waals surface area (Å²) >= 11 is 0. The van der Waals surface area contributed by atoms with Crippen LogP contribution in [0.25, 0.3) is 6.08 Å². The number of hydrogen-bond donors (Lipinski definition) is 1. The number of aromatic nitrogens is 1. The van der Waals surface area contributed by atoms with Crippen LogP contribution >= 0.6 is 0 Å². The summed E-state index contributed by atoms with van der Waals surface area (Å²) < 4.78 is 11.9. The molecular formula is C20H24N2O4. The SMILES string of the molecule is CC(C)(C)OC(=O)n1cccc1C=CCNC(=O)OCc1ccccc1. The van der Waals surface area contributed by atoms with E-state index in [0.29, 0.717) is 5.69 Å². The lowest BCUT2D eigenvalue weighted by molar-refractivity contribution is 0.0536. The second-order valence-corrected chi connectivity index (χ2v) is 6.63. The number of benzene rings is 1. The Bertz CT molecular complexity index is 758. The first kappa shape index (κ1) is 19.3. The van der Waals surface area contributed by atoms with Gasteiger partial charge in [-0.05, 0) is 44.5 Å². The smallest absolute Gasteiger partial charge is 0.418 e. The Morgan fingerprint density at radius 2 is 1.85 bits per heavy atom. The third kappa shape index (κ3) is 6.47. The summed E-state index contributed by atoms with van der Waals surface area (Å²) in [7, 11) is 0. The number of hydrogen-bond acceptors (Lipinski definition) is 4. The number of amides is 1. The van der Waals surface area contributed by atoms with Gasteiger partial charge in [-0.1, -0.05) is 36.4 Å². The van der Waals surface area contributed by atoms with Gasteiger partial charge in [0.05, 0.1) is 5.69 Å². The van der Waals surface area contributed by atoms with E-state index in [2.05, 4.69) is 5.32 Å². The summed E-state index contributed by atoms with van der Waals surface area (Å²) in [5.41, 5.74) is 1.03. The molecule has 0 saturated heterocycles. The summed E-state index contributed by atoms with van der Waals surface area (Å²) in [6.07, 6.45) is 4.16. The molecule has 1 heterocycles. The summed E-state index contributed by atoms with van der Waals surface area (Å²) in [5.74, 6) is 0. The molecule has 138 valence electrons. The van der Waals surface area contributed by atoms with Gasteiger partial charge in [0.1, 0.15) is 12.2 Å². The van der Waals surface area contributed by atoms with Crippen molar-refractivity contribution in [3.63, 3.8) is 0 Å². The molecule has 26 heavy (non-hydrogen) atoms. The topological polar surface area (TPSA) is 69.6 Å². The Labute approximate surface area is 153 Å². The fourth-order valence-electron chi connectivity index (χ4n) is 2.10. The van der Waals surface area contributed by atoms with E-state index in [0.717, 1.165) is 5.56 Å². The number of alkyl carbamates (subject to hydrolysis) is 1. The molecule has 1 aromatic carbocycles. The van der Waals surface area contributed by atoms with Gasteiger partial charge in [0, 0.05) is 12.7 Å². The molecule has 2 rings (SSSR count). The molecule has 0 aliphatic heterocycles. The molecule has 0 saturated carbocycles. The van der Waals surface area contributed by atoms with Crippen molar-refractivity contribution >= 4 is 18.3 Å². The number of nitrogens with zero attached hydrogens (tertiary/aromatic N) is 1. The van der Waals surface area contributed by atoms with Crippen molar-refractivity contribution in [3.05, 3.63) is 66.0 Å². The van der Waals surface area contributed by atoms with E-state index in [1.54, 1.807) is 30.5 Å². The van der Waals surface area contributed by atoms with E-state index in [1.807, 2.05) is 51.1 Å². The average Bonchev–Trinajstić information content (AvgIpc) is 3.05. The van der Waals surface area contributed by atoms with Crippen molar-refractivity contribution in [1.82, 2.24) is 9.88 Å². The summed E-state index contributed by atoms with van der Waals surface area (Å²) in [6, 6.07) is 13.0. The van der Waals surface area contributed by atoms with Gasteiger partial charge >= 0.3 is 12.2 Å². The van der Waals surface area contributed by atoms with Gasteiger partial charge in [0.25, 0.3) is 0 Å². The third-order valence-corrected chi connectivity index (χ3v) is 3.24. The molecule has 1 N–H and O–H groups in total.